The summed E-state index contributed by atoms with van der Waals surface area (Å²) < 4.78 is 6.74. The fraction of sp³-hybridized carbons (Fsp3) is 0.263. The van der Waals surface area contributed by atoms with Gasteiger partial charge in [-0.15, -0.1) is 6.58 Å². The molecule has 1 nitrogen and oxygen atoms in total. The second-order valence-corrected chi connectivity index (χ2v) is 9.72. The van der Waals surface area contributed by atoms with Crippen molar-refractivity contribution in [3.63, 3.8) is 0 Å². The first-order valence-electron chi connectivity index (χ1n) is 7.67. The molecule has 1 fully saturated rings. The van der Waals surface area contributed by atoms with E-state index in [1.807, 2.05) is 6.08 Å². The van der Waals surface area contributed by atoms with Gasteiger partial charge in [-0.05, 0) is 28.8 Å². The van der Waals surface area contributed by atoms with Gasteiger partial charge in [0.25, 0.3) is 8.32 Å². The summed E-state index contributed by atoms with van der Waals surface area (Å²) in [6.07, 6.45) is 4.36. The van der Waals surface area contributed by atoms with E-state index < -0.39 is 8.32 Å². The lowest BCUT2D eigenvalue weighted by Gasteiger charge is -2.31. The Kier molecular flexibility index (Phi) is 4.09. The van der Waals surface area contributed by atoms with E-state index in [0.717, 1.165) is 12.8 Å². The summed E-state index contributed by atoms with van der Waals surface area (Å²) in [4.78, 5) is 0. The third-order valence-electron chi connectivity index (χ3n) is 4.50. The zero-order valence-corrected chi connectivity index (χ0v) is 13.5. The molecule has 0 aromatic heterocycles. The lowest BCUT2D eigenvalue weighted by molar-refractivity contribution is 0.232. The molecule has 0 aliphatic carbocycles. The number of rotatable bonds is 4. The molecule has 0 unspecified atom stereocenters. The van der Waals surface area contributed by atoms with Crippen LogP contribution in [0.1, 0.15) is 19.8 Å². The molecule has 108 valence electrons. The minimum absolute atomic E-state index is 0.310. The second kappa shape index (κ2) is 6.00. The molecule has 21 heavy (non-hydrogen) atoms. The highest BCUT2D eigenvalue weighted by Crippen LogP contribution is 2.38. The Labute approximate surface area is 128 Å². The number of benzene rings is 2. The van der Waals surface area contributed by atoms with Crippen molar-refractivity contribution in [2.45, 2.75) is 31.4 Å². The minimum Gasteiger partial charge on any atom is -0.404 e. The zero-order valence-electron chi connectivity index (χ0n) is 12.5. The Morgan fingerprint density at radius 3 is 2.05 bits per heavy atom. The maximum atomic E-state index is 6.74. The summed E-state index contributed by atoms with van der Waals surface area (Å²) in [7, 11) is -2.14. The van der Waals surface area contributed by atoms with E-state index in [4.69, 9.17) is 4.43 Å². The molecule has 0 bridgehead atoms. The predicted molar refractivity (Wildman–Crippen MR) is 91.6 cm³/mol. The summed E-state index contributed by atoms with van der Waals surface area (Å²) in [6, 6.07) is 21.6. The van der Waals surface area contributed by atoms with E-state index in [1.54, 1.807) is 0 Å². The Bertz CT molecular complexity index is 554. The summed E-state index contributed by atoms with van der Waals surface area (Å²) in [5.41, 5.74) is 0.576. The van der Waals surface area contributed by atoms with Crippen LogP contribution in [0, 0.1) is 0 Å². The van der Waals surface area contributed by atoms with E-state index >= 15 is 0 Å². The zero-order chi connectivity index (χ0) is 14.7. The number of hydrogen-bond donors (Lipinski definition) is 0. The highest BCUT2D eigenvalue weighted by atomic mass is 28.4. The molecule has 0 N–H and O–H groups in total. The van der Waals surface area contributed by atoms with Crippen molar-refractivity contribution in [3.05, 3.63) is 73.3 Å². The quantitative estimate of drug-likeness (QED) is 0.619. The van der Waals surface area contributed by atoms with E-state index in [0.29, 0.717) is 11.6 Å². The molecular weight excluding hydrogens is 272 g/mol. The highest BCUT2D eigenvalue weighted by Gasteiger charge is 2.51. The third-order valence-corrected chi connectivity index (χ3v) is 9.21. The lowest BCUT2D eigenvalue weighted by Crippen LogP contribution is -2.61. The molecule has 1 heterocycles. The van der Waals surface area contributed by atoms with Crippen LogP contribution < -0.4 is 10.4 Å². The van der Waals surface area contributed by atoms with Crippen LogP contribution in [0.2, 0.25) is 5.54 Å². The van der Waals surface area contributed by atoms with Crippen molar-refractivity contribution in [2.24, 2.45) is 0 Å². The first-order chi connectivity index (χ1) is 10.3. The van der Waals surface area contributed by atoms with Crippen LogP contribution >= 0.6 is 0 Å². The minimum atomic E-state index is -2.14. The average Bonchev–Trinajstić information content (AvgIpc) is 2.87. The first-order valence-corrected chi connectivity index (χ1v) is 9.65. The second-order valence-electron chi connectivity index (χ2n) is 5.87. The summed E-state index contributed by atoms with van der Waals surface area (Å²) in [5, 5.41) is 2.77. The van der Waals surface area contributed by atoms with E-state index in [2.05, 4.69) is 74.2 Å². The van der Waals surface area contributed by atoms with Gasteiger partial charge in [-0.1, -0.05) is 73.7 Å². The van der Waals surface area contributed by atoms with Crippen LogP contribution in [0.4, 0.5) is 0 Å². The Hall–Kier alpha value is -1.64. The van der Waals surface area contributed by atoms with Crippen LogP contribution in [-0.4, -0.2) is 14.4 Å². The van der Waals surface area contributed by atoms with Crippen molar-refractivity contribution in [1.82, 2.24) is 0 Å². The molecule has 1 aliphatic heterocycles. The molecule has 0 radical (unpaired) electrons. The van der Waals surface area contributed by atoms with Crippen LogP contribution in [0.15, 0.2) is 73.3 Å². The summed E-state index contributed by atoms with van der Waals surface area (Å²) in [6.45, 7) is 6.23. The molecule has 1 saturated heterocycles. The topological polar surface area (TPSA) is 9.23 Å². The van der Waals surface area contributed by atoms with Crippen molar-refractivity contribution in [1.29, 1.82) is 0 Å². The van der Waals surface area contributed by atoms with Gasteiger partial charge in [0.2, 0.25) is 0 Å². The average molecular weight is 294 g/mol. The van der Waals surface area contributed by atoms with Crippen LogP contribution in [0.5, 0.6) is 0 Å². The lowest BCUT2D eigenvalue weighted by atomic mass is 10.1. The number of hydrogen-bond acceptors (Lipinski definition) is 1. The van der Waals surface area contributed by atoms with E-state index in [-0.39, 0.29) is 0 Å². The van der Waals surface area contributed by atoms with Crippen molar-refractivity contribution < 1.29 is 4.43 Å². The standard InChI is InChI=1S/C19H22OSi/c1-3-10-17-15-16(2)21(20-17,18-11-6-4-7-12-18)19-13-8-5-9-14-19/h3-9,11-14,16-17H,1,10,15H2,2H3/t16-,17-/m1/s1. The molecule has 0 spiro atoms. The molecule has 1 aliphatic rings. The maximum absolute atomic E-state index is 6.74. The largest absolute Gasteiger partial charge is 0.404 e. The highest BCUT2D eigenvalue weighted by molar-refractivity contribution is 6.98. The Balaban J connectivity index is 2.10. The third kappa shape index (κ3) is 2.50. The summed E-state index contributed by atoms with van der Waals surface area (Å²) in [5.74, 6) is 0. The van der Waals surface area contributed by atoms with Gasteiger partial charge in [0, 0.05) is 6.10 Å². The smallest absolute Gasteiger partial charge is 0.259 e. The van der Waals surface area contributed by atoms with Crippen molar-refractivity contribution in [2.75, 3.05) is 0 Å². The van der Waals surface area contributed by atoms with Gasteiger partial charge in [-0.3, -0.25) is 0 Å². The molecule has 0 amide bonds. The SMILES string of the molecule is C=CC[C@@H]1C[C@@H](C)[Si](c2ccccc2)(c2ccccc2)O1. The molecule has 2 heteroatoms. The van der Waals surface area contributed by atoms with Gasteiger partial charge in [0.15, 0.2) is 0 Å². The van der Waals surface area contributed by atoms with Gasteiger partial charge in [0.05, 0.1) is 0 Å². The molecule has 3 rings (SSSR count). The molecular formula is C19H22OSi. The van der Waals surface area contributed by atoms with Crippen molar-refractivity contribution in [3.8, 4) is 0 Å². The molecule has 2 atom stereocenters. The van der Waals surface area contributed by atoms with Gasteiger partial charge < -0.3 is 4.43 Å². The first kappa shape index (κ1) is 14.3. The van der Waals surface area contributed by atoms with Gasteiger partial charge in [-0.2, -0.15) is 0 Å². The van der Waals surface area contributed by atoms with Gasteiger partial charge >= 0.3 is 0 Å². The van der Waals surface area contributed by atoms with Gasteiger partial charge in [0.1, 0.15) is 0 Å². The van der Waals surface area contributed by atoms with E-state index in [9.17, 15) is 0 Å². The monoisotopic (exact) mass is 294 g/mol. The Morgan fingerprint density at radius 1 is 1.05 bits per heavy atom. The predicted octanol–water partition coefficient (Wildman–Crippen LogP) is 3.50. The van der Waals surface area contributed by atoms with E-state index in [1.165, 1.54) is 10.4 Å². The maximum Gasteiger partial charge on any atom is 0.259 e. The normalized spacial score (nSPS) is 23.9. The van der Waals surface area contributed by atoms with Gasteiger partial charge in [-0.25, -0.2) is 0 Å². The summed E-state index contributed by atoms with van der Waals surface area (Å²) >= 11 is 0. The molecule has 2 aromatic carbocycles. The van der Waals surface area contributed by atoms with Crippen LogP contribution in [-0.2, 0) is 4.43 Å². The Morgan fingerprint density at radius 2 is 1.57 bits per heavy atom. The molecule has 2 aromatic rings. The van der Waals surface area contributed by atoms with Crippen LogP contribution in [0.3, 0.4) is 0 Å². The fourth-order valence-electron chi connectivity index (χ4n) is 3.56. The van der Waals surface area contributed by atoms with Crippen LogP contribution in [0.25, 0.3) is 0 Å². The molecule has 0 saturated carbocycles. The fourth-order valence-corrected chi connectivity index (χ4v) is 8.23. The van der Waals surface area contributed by atoms with Crippen molar-refractivity contribution >= 4 is 18.7 Å².